The number of rotatable bonds is 13. The molecule has 2 aliphatic rings. The minimum Gasteiger partial charge on any atom is -0.506 e. The molecule has 292 valence electrons. The summed E-state index contributed by atoms with van der Waals surface area (Å²) in [5.74, 6) is 0.449. The second kappa shape index (κ2) is 20.0. The second-order valence-corrected chi connectivity index (χ2v) is 14.5. The summed E-state index contributed by atoms with van der Waals surface area (Å²) in [6.45, 7) is 1.10. The highest BCUT2D eigenvalue weighted by molar-refractivity contribution is 5.94. The molecule has 2 amide bonds. The monoisotopic (exact) mass is 781 g/mol. The molecular formula is C41H53Cl2N5O6. The first-order valence-corrected chi connectivity index (χ1v) is 18.7. The zero-order chi connectivity index (χ0) is 36.6. The Kier molecular flexibility index (Phi) is 15.8. The van der Waals surface area contributed by atoms with Gasteiger partial charge in [0, 0.05) is 48.1 Å². The minimum absolute atomic E-state index is 0. The van der Waals surface area contributed by atoms with Crippen LogP contribution >= 0.6 is 24.8 Å². The number of nitrogens with one attached hydrogen (secondary N) is 3. The lowest BCUT2D eigenvalue weighted by Gasteiger charge is -2.35. The second-order valence-electron chi connectivity index (χ2n) is 14.5. The molecule has 54 heavy (non-hydrogen) atoms. The summed E-state index contributed by atoms with van der Waals surface area (Å²) in [6, 6.07) is 22.2. The highest BCUT2D eigenvalue weighted by Gasteiger charge is 2.31. The molecule has 0 aliphatic heterocycles. The molecular weight excluding hydrogens is 729 g/mol. The largest absolute Gasteiger partial charge is 0.506 e. The van der Waals surface area contributed by atoms with Crippen LogP contribution in [0.15, 0.2) is 77.6 Å². The van der Waals surface area contributed by atoms with Gasteiger partial charge in [0.05, 0.1) is 17.3 Å². The van der Waals surface area contributed by atoms with E-state index in [1.165, 1.54) is 12.1 Å². The average molecular weight is 783 g/mol. The number of hydrogen-bond donors (Lipinski definition) is 7. The number of phenolic OH excluding ortho intramolecular Hbond substituents is 1. The van der Waals surface area contributed by atoms with Crippen molar-refractivity contribution in [2.45, 2.75) is 94.9 Å². The first kappa shape index (κ1) is 42.6. The number of anilines is 1. The van der Waals surface area contributed by atoms with Gasteiger partial charge in [0.15, 0.2) is 0 Å². The van der Waals surface area contributed by atoms with Gasteiger partial charge in [-0.1, -0.05) is 48.5 Å². The van der Waals surface area contributed by atoms with E-state index in [1.807, 2.05) is 48.5 Å². The summed E-state index contributed by atoms with van der Waals surface area (Å²) < 4.78 is 0. The third-order valence-electron chi connectivity index (χ3n) is 10.8. The van der Waals surface area contributed by atoms with E-state index in [0.717, 1.165) is 74.6 Å². The number of carbonyl (C=O) groups excluding carboxylic acids is 1. The van der Waals surface area contributed by atoms with Gasteiger partial charge in [0.1, 0.15) is 5.75 Å². The van der Waals surface area contributed by atoms with Gasteiger partial charge in [-0.15, -0.1) is 24.8 Å². The predicted octanol–water partition coefficient (Wildman–Crippen LogP) is 6.82. The number of hydrogen-bond acceptors (Lipinski definition) is 7. The Balaban J connectivity index is 0.00000325. The van der Waals surface area contributed by atoms with E-state index in [-0.39, 0.29) is 60.2 Å². The van der Waals surface area contributed by atoms with Gasteiger partial charge in [-0.2, -0.15) is 0 Å². The van der Waals surface area contributed by atoms with Gasteiger partial charge < -0.3 is 36.7 Å². The number of aromatic amines is 1. The summed E-state index contributed by atoms with van der Waals surface area (Å²) in [4.78, 5) is 41.5. The number of pyridine rings is 1. The number of carboxylic acid groups (broad SMARTS) is 1. The van der Waals surface area contributed by atoms with Crippen LogP contribution in [0.3, 0.4) is 0 Å². The number of amides is 2. The van der Waals surface area contributed by atoms with Crippen LogP contribution in [-0.4, -0.2) is 63.5 Å². The molecule has 1 heterocycles. The number of aliphatic hydroxyl groups is 1. The number of carbonyl (C=O) groups is 2. The first-order valence-electron chi connectivity index (χ1n) is 18.7. The van der Waals surface area contributed by atoms with Gasteiger partial charge in [-0.3, -0.25) is 14.5 Å². The highest BCUT2D eigenvalue weighted by Crippen LogP contribution is 2.37. The predicted molar refractivity (Wildman–Crippen MR) is 218 cm³/mol. The number of aliphatic hydroxyl groups excluding tert-OH is 1. The molecule has 1 aromatic heterocycles. The van der Waals surface area contributed by atoms with Crippen LogP contribution in [0.25, 0.3) is 22.0 Å². The maximum atomic E-state index is 13.0. The molecule has 0 radical (unpaired) electrons. The molecule has 0 saturated heterocycles. The molecule has 4 aromatic rings. The lowest BCUT2D eigenvalue weighted by atomic mass is 9.86. The Labute approximate surface area is 328 Å². The lowest BCUT2D eigenvalue weighted by Crippen LogP contribution is -2.44. The van der Waals surface area contributed by atoms with Gasteiger partial charge in [0.25, 0.3) is 0 Å². The van der Waals surface area contributed by atoms with E-state index >= 15 is 0 Å². The van der Waals surface area contributed by atoms with E-state index in [1.54, 1.807) is 17.0 Å². The van der Waals surface area contributed by atoms with Crippen LogP contribution in [0.2, 0.25) is 0 Å². The Morgan fingerprint density at radius 1 is 0.907 bits per heavy atom. The average Bonchev–Trinajstić information content (AvgIpc) is 3.14. The normalized spacial score (nSPS) is 20.3. The van der Waals surface area contributed by atoms with Crippen LogP contribution in [0.4, 0.5) is 10.5 Å². The number of aryl methyl sites for hydroxylation is 1. The number of aromatic hydroxyl groups is 1. The molecule has 8 N–H and O–H groups in total. The molecule has 0 bridgehead atoms. The number of nitrogens with zero attached hydrogens (tertiary/aromatic N) is 1. The fourth-order valence-corrected chi connectivity index (χ4v) is 7.96. The van der Waals surface area contributed by atoms with E-state index in [2.05, 4.69) is 15.6 Å². The Morgan fingerprint density at radius 3 is 2.33 bits per heavy atom. The van der Waals surface area contributed by atoms with Crippen LogP contribution in [0.5, 0.6) is 5.75 Å². The molecule has 11 nitrogen and oxygen atoms in total. The maximum absolute atomic E-state index is 13.0. The maximum Gasteiger partial charge on any atom is 0.412 e. The molecule has 3 aromatic carbocycles. The van der Waals surface area contributed by atoms with E-state index in [0.29, 0.717) is 53.9 Å². The molecule has 0 unspecified atom stereocenters. The summed E-state index contributed by atoms with van der Waals surface area (Å²) in [6.07, 6.45) is 6.79. The Hall–Kier alpha value is -4.13. The zero-order valence-corrected chi connectivity index (χ0v) is 32.0. The van der Waals surface area contributed by atoms with Crippen LogP contribution in [-0.2, 0) is 11.2 Å². The number of H-pyrrole nitrogens is 1. The number of halogens is 2. The van der Waals surface area contributed by atoms with Crippen molar-refractivity contribution in [3.8, 4) is 16.9 Å². The summed E-state index contributed by atoms with van der Waals surface area (Å²) in [5, 5.41) is 38.6. The SMILES string of the molecule is Cl.Cl.N[C@H]1CC[C@H](N(C(=O)O)c2cc(CCCC(=O)N[C@H]3CC[C@H](CNC[C@H](O)c4ccc(O)c5[nH]c(=O)ccc45)CC3)ccc2-c2ccccc2)CC1. The molecule has 0 spiro atoms. The van der Waals surface area contributed by atoms with Crippen molar-refractivity contribution in [2.75, 3.05) is 18.0 Å². The van der Waals surface area contributed by atoms with Gasteiger partial charge in [-0.05, 0) is 112 Å². The van der Waals surface area contributed by atoms with Crippen molar-refractivity contribution in [3.05, 3.63) is 94.3 Å². The van der Waals surface area contributed by atoms with Crippen molar-refractivity contribution < 1.29 is 24.9 Å². The summed E-state index contributed by atoms with van der Waals surface area (Å²) >= 11 is 0. The first-order chi connectivity index (χ1) is 25.2. The number of fused-ring (bicyclic) bond motifs is 1. The van der Waals surface area contributed by atoms with Crippen molar-refractivity contribution in [3.63, 3.8) is 0 Å². The summed E-state index contributed by atoms with van der Waals surface area (Å²) in [5.41, 5.74) is 10.3. The number of phenols is 1. The fraction of sp³-hybridized carbons (Fsp3) is 0.439. The highest BCUT2D eigenvalue weighted by atomic mass is 35.5. The number of benzene rings is 3. The lowest BCUT2D eigenvalue weighted by molar-refractivity contribution is -0.122. The van der Waals surface area contributed by atoms with Crippen molar-refractivity contribution in [1.82, 2.24) is 15.6 Å². The van der Waals surface area contributed by atoms with Crippen molar-refractivity contribution in [1.29, 1.82) is 0 Å². The smallest absolute Gasteiger partial charge is 0.412 e. The molecule has 6 rings (SSSR count). The van der Waals surface area contributed by atoms with Gasteiger partial charge in [0.2, 0.25) is 11.5 Å². The van der Waals surface area contributed by atoms with E-state index < -0.39 is 12.2 Å². The van der Waals surface area contributed by atoms with Crippen LogP contribution in [0.1, 0.15) is 81.4 Å². The summed E-state index contributed by atoms with van der Waals surface area (Å²) in [7, 11) is 0. The molecule has 2 saturated carbocycles. The van der Waals surface area contributed by atoms with Gasteiger partial charge in [-0.25, -0.2) is 4.79 Å². The Morgan fingerprint density at radius 2 is 1.63 bits per heavy atom. The van der Waals surface area contributed by atoms with E-state index in [4.69, 9.17) is 5.73 Å². The number of aromatic nitrogens is 1. The molecule has 13 heteroatoms. The molecule has 2 aliphatic carbocycles. The molecule has 1 atom stereocenters. The van der Waals surface area contributed by atoms with Crippen LogP contribution < -0.4 is 26.8 Å². The van der Waals surface area contributed by atoms with Crippen LogP contribution in [0, 0.1) is 5.92 Å². The van der Waals surface area contributed by atoms with E-state index in [9.17, 15) is 29.7 Å². The zero-order valence-electron chi connectivity index (χ0n) is 30.4. The van der Waals surface area contributed by atoms with Crippen molar-refractivity contribution in [2.24, 2.45) is 11.7 Å². The third-order valence-corrected chi connectivity index (χ3v) is 10.8. The Bertz CT molecular complexity index is 1890. The standard InChI is InChI=1S/C41H51N5O6.2ClH/c42-29-12-16-31(17-13-29)46(41(51)52)35-23-26(11-18-32(35)28-6-2-1-3-7-28)5-4-8-38(49)44-30-14-9-27(10-15-30)24-43-25-37(48)33-19-21-36(47)40-34(33)20-22-39(50)45-40;;/h1-3,6-7,11,18-23,27,29-31,37,43,47-48H,4-5,8-10,12-17,24-25,42H2,(H,44,49)(H,45,50)(H,51,52);2*1H/t27-,29-,30-,31-,37-;;/m0../s1. The van der Waals surface area contributed by atoms with Crippen molar-refractivity contribution >= 4 is 53.4 Å². The minimum atomic E-state index is -0.959. The van der Waals surface area contributed by atoms with Gasteiger partial charge >= 0.3 is 6.09 Å². The quantitative estimate of drug-likeness (QED) is 0.0772. The third kappa shape index (κ3) is 10.8. The topological polar surface area (TPSA) is 181 Å². The number of nitrogens with two attached hydrogens (primary N) is 1. The fourth-order valence-electron chi connectivity index (χ4n) is 7.96. The molecule has 2 fully saturated rings.